The second kappa shape index (κ2) is 4.90. The van der Waals surface area contributed by atoms with Crippen molar-refractivity contribution in [1.29, 1.82) is 0 Å². The SMILES string of the molecule is COc1nc(-n2cccc2)ncc1CC(F)F. The van der Waals surface area contributed by atoms with E-state index in [0.29, 0.717) is 11.5 Å². The number of ether oxygens (including phenoxy) is 1. The van der Waals surface area contributed by atoms with Gasteiger partial charge in [0.1, 0.15) is 0 Å². The monoisotopic (exact) mass is 239 g/mol. The van der Waals surface area contributed by atoms with E-state index in [0.717, 1.165) is 0 Å². The molecule has 0 radical (unpaired) electrons. The Kier molecular flexibility index (Phi) is 3.32. The van der Waals surface area contributed by atoms with Gasteiger partial charge in [-0.1, -0.05) is 0 Å². The Labute approximate surface area is 96.9 Å². The lowest BCUT2D eigenvalue weighted by molar-refractivity contribution is 0.147. The fourth-order valence-corrected chi connectivity index (χ4v) is 1.46. The van der Waals surface area contributed by atoms with Crippen molar-refractivity contribution in [3.05, 3.63) is 36.3 Å². The van der Waals surface area contributed by atoms with Crippen molar-refractivity contribution >= 4 is 0 Å². The van der Waals surface area contributed by atoms with E-state index in [1.54, 1.807) is 17.0 Å². The van der Waals surface area contributed by atoms with Crippen LogP contribution in [0.5, 0.6) is 5.88 Å². The Morgan fingerprint density at radius 3 is 2.65 bits per heavy atom. The van der Waals surface area contributed by atoms with Crippen molar-refractivity contribution in [2.75, 3.05) is 7.11 Å². The maximum atomic E-state index is 12.3. The van der Waals surface area contributed by atoms with Crippen LogP contribution in [-0.2, 0) is 6.42 Å². The third-order valence-corrected chi connectivity index (χ3v) is 2.22. The molecule has 0 N–H and O–H groups in total. The molecule has 0 aliphatic carbocycles. The summed E-state index contributed by atoms with van der Waals surface area (Å²) in [6.45, 7) is 0. The minimum atomic E-state index is -2.44. The molecule has 17 heavy (non-hydrogen) atoms. The first-order valence-corrected chi connectivity index (χ1v) is 5.02. The highest BCUT2D eigenvalue weighted by Gasteiger charge is 2.13. The van der Waals surface area contributed by atoms with Crippen molar-refractivity contribution in [2.45, 2.75) is 12.8 Å². The van der Waals surface area contributed by atoms with Crippen LogP contribution in [0, 0.1) is 0 Å². The summed E-state index contributed by atoms with van der Waals surface area (Å²) in [5.41, 5.74) is 0.304. The first kappa shape index (κ1) is 11.5. The highest BCUT2D eigenvalue weighted by molar-refractivity contribution is 5.28. The normalized spacial score (nSPS) is 10.8. The Morgan fingerprint density at radius 1 is 1.35 bits per heavy atom. The molecule has 0 bridgehead atoms. The molecule has 0 fully saturated rings. The molecule has 90 valence electrons. The molecule has 0 spiro atoms. The smallest absolute Gasteiger partial charge is 0.242 e. The lowest BCUT2D eigenvalue weighted by Gasteiger charge is -2.08. The molecule has 0 atom stereocenters. The van der Waals surface area contributed by atoms with E-state index in [2.05, 4.69) is 9.97 Å². The maximum absolute atomic E-state index is 12.3. The molecule has 2 rings (SSSR count). The number of halogens is 2. The fourth-order valence-electron chi connectivity index (χ4n) is 1.46. The highest BCUT2D eigenvalue weighted by Crippen LogP contribution is 2.18. The van der Waals surface area contributed by atoms with Crippen LogP contribution in [0.15, 0.2) is 30.7 Å². The molecule has 0 amide bonds. The number of nitrogens with zero attached hydrogens (tertiary/aromatic N) is 3. The van der Waals surface area contributed by atoms with Gasteiger partial charge in [0.05, 0.1) is 7.11 Å². The Balaban J connectivity index is 2.34. The highest BCUT2D eigenvalue weighted by atomic mass is 19.3. The van der Waals surface area contributed by atoms with Crippen LogP contribution in [0.4, 0.5) is 8.78 Å². The molecule has 4 nitrogen and oxygen atoms in total. The summed E-state index contributed by atoms with van der Waals surface area (Å²) >= 11 is 0. The third kappa shape index (κ3) is 2.58. The predicted molar refractivity (Wildman–Crippen MR) is 57.6 cm³/mol. The fraction of sp³-hybridized carbons (Fsp3) is 0.273. The quantitative estimate of drug-likeness (QED) is 0.820. The molecular weight excluding hydrogens is 228 g/mol. The summed E-state index contributed by atoms with van der Waals surface area (Å²) in [5.74, 6) is 0.578. The van der Waals surface area contributed by atoms with E-state index < -0.39 is 12.8 Å². The zero-order valence-corrected chi connectivity index (χ0v) is 9.18. The minimum absolute atomic E-state index is 0.184. The zero-order chi connectivity index (χ0) is 12.3. The summed E-state index contributed by atoms with van der Waals surface area (Å²) in [5, 5.41) is 0. The van der Waals surface area contributed by atoms with Crippen LogP contribution >= 0.6 is 0 Å². The molecular formula is C11H11F2N3O. The van der Waals surface area contributed by atoms with Crippen LogP contribution in [0.1, 0.15) is 5.56 Å². The Bertz CT molecular complexity index is 485. The largest absolute Gasteiger partial charge is 0.481 e. The third-order valence-electron chi connectivity index (χ3n) is 2.22. The van der Waals surface area contributed by atoms with Gasteiger partial charge in [0, 0.05) is 30.6 Å². The van der Waals surface area contributed by atoms with E-state index >= 15 is 0 Å². The van der Waals surface area contributed by atoms with Gasteiger partial charge in [0.25, 0.3) is 0 Å². The molecule has 0 aliphatic rings. The van der Waals surface area contributed by atoms with Crippen LogP contribution in [0.3, 0.4) is 0 Å². The van der Waals surface area contributed by atoms with Crippen molar-refractivity contribution < 1.29 is 13.5 Å². The van der Waals surface area contributed by atoms with Gasteiger partial charge in [0.2, 0.25) is 18.3 Å². The number of aromatic nitrogens is 3. The maximum Gasteiger partial charge on any atom is 0.242 e. The van der Waals surface area contributed by atoms with Gasteiger partial charge in [-0.05, 0) is 12.1 Å². The topological polar surface area (TPSA) is 39.9 Å². The summed E-state index contributed by atoms with van der Waals surface area (Å²) in [6.07, 6.45) is 2.05. The standard InChI is InChI=1S/C11H11F2N3O/c1-17-10-8(6-9(12)13)7-14-11(15-10)16-4-2-3-5-16/h2-5,7,9H,6H2,1H3. The second-order valence-electron chi connectivity index (χ2n) is 3.39. The van der Waals surface area contributed by atoms with E-state index in [-0.39, 0.29) is 5.88 Å². The first-order valence-electron chi connectivity index (χ1n) is 5.02. The summed E-state index contributed by atoms with van der Waals surface area (Å²) in [7, 11) is 1.40. The van der Waals surface area contributed by atoms with Crippen LogP contribution in [0.25, 0.3) is 5.95 Å². The molecule has 2 aromatic heterocycles. The van der Waals surface area contributed by atoms with Crippen molar-refractivity contribution in [3.63, 3.8) is 0 Å². The molecule has 2 aromatic rings. The van der Waals surface area contributed by atoms with Gasteiger partial charge in [-0.25, -0.2) is 13.8 Å². The van der Waals surface area contributed by atoms with E-state index in [4.69, 9.17) is 4.74 Å². The van der Waals surface area contributed by atoms with E-state index in [1.165, 1.54) is 13.3 Å². The summed E-state index contributed by atoms with van der Waals surface area (Å²) < 4.78 is 31.3. The van der Waals surface area contributed by atoms with Crippen LogP contribution < -0.4 is 4.74 Å². The minimum Gasteiger partial charge on any atom is -0.481 e. The number of hydrogen-bond donors (Lipinski definition) is 0. The Hall–Kier alpha value is -1.98. The molecule has 0 unspecified atom stereocenters. The first-order chi connectivity index (χ1) is 8.20. The summed E-state index contributed by atoms with van der Waals surface area (Å²) in [6, 6.07) is 3.64. The van der Waals surface area contributed by atoms with Gasteiger partial charge in [-0.15, -0.1) is 0 Å². The van der Waals surface area contributed by atoms with Gasteiger partial charge in [-0.3, -0.25) is 4.57 Å². The number of alkyl halides is 2. The molecule has 6 heteroatoms. The number of rotatable bonds is 4. The average molecular weight is 239 g/mol. The van der Waals surface area contributed by atoms with E-state index in [1.807, 2.05) is 12.1 Å². The van der Waals surface area contributed by atoms with E-state index in [9.17, 15) is 8.78 Å². The molecule has 0 aromatic carbocycles. The van der Waals surface area contributed by atoms with Crippen molar-refractivity contribution in [3.8, 4) is 11.8 Å². The molecule has 0 saturated heterocycles. The lowest BCUT2D eigenvalue weighted by atomic mass is 10.2. The Morgan fingerprint density at radius 2 is 2.06 bits per heavy atom. The van der Waals surface area contributed by atoms with Gasteiger partial charge >= 0.3 is 0 Å². The van der Waals surface area contributed by atoms with Gasteiger partial charge in [-0.2, -0.15) is 4.98 Å². The average Bonchev–Trinajstić information content (AvgIpc) is 2.82. The molecule has 2 heterocycles. The second-order valence-corrected chi connectivity index (χ2v) is 3.39. The van der Waals surface area contributed by atoms with Gasteiger partial charge < -0.3 is 4.74 Å². The number of hydrogen-bond acceptors (Lipinski definition) is 3. The number of methoxy groups -OCH3 is 1. The van der Waals surface area contributed by atoms with Crippen molar-refractivity contribution in [2.24, 2.45) is 0 Å². The molecule has 0 saturated carbocycles. The van der Waals surface area contributed by atoms with Gasteiger partial charge in [0.15, 0.2) is 0 Å². The van der Waals surface area contributed by atoms with Crippen LogP contribution in [-0.4, -0.2) is 28.1 Å². The summed E-state index contributed by atoms with van der Waals surface area (Å²) in [4.78, 5) is 8.10. The zero-order valence-electron chi connectivity index (χ0n) is 9.18. The van der Waals surface area contributed by atoms with Crippen LogP contribution in [0.2, 0.25) is 0 Å². The lowest BCUT2D eigenvalue weighted by Crippen LogP contribution is -2.06. The predicted octanol–water partition coefficient (Wildman–Crippen LogP) is 2.08. The van der Waals surface area contributed by atoms with Crippen molar-refractivity contribution in [1.82, 2.24) is 14.5 Å². The molecule has 0 aliphatic heterocycles.